The minimum Gasteiger partial charge on any atom is -0.481 e. The molecule has 0 heterocycles. The van der Waals surface area contributed by atoms with Crippen LogP contribution in [0.3, 0.4) is 0 Å². The Morgan fingerprint density at radius 2 is 1.68 bits per heavy atom. The van der Waals surface area contributed by atoms with Gasteiger partial charge in [-0.1, -0.05) is 19.3 Å². The van der Waals surface area contributed by atoms with E-state index in [1.807, 2.05) is 13.8 Å². The molecule has 2 amide bonds. The third-order valence-corrected chi connectivity index (χ3v) is 4.61. The third-order valence-electron chi connectivity index (χ3n) is 4.61. The zero-order valence-electron chi connectivity index (χ0n) is 14.8. The van der Waals surface area contributed by atoms with E-state index in [-0.39, 0.29) is 24.3 Å². The van der Waals surface area contributed by atoms with Gasteiger partial charge in [0, 0.05) is 23.7 Å². The number of anilines is 1. The number of rotatable bonds is 6. The number of aliphatic carboxylic acids is 1. The van der Waals surface area contributed by atoms with Crippen molar-refractivity contribution in [1.29, 1.82) is 0 Å². The van der Waals surface area contributed by atoms with Gasteiger partial charge in [-0.3, -0.25) is 14.4 Å². The quantitative estimate of drug-likeness (QED) is 0.737. The maximum Gasteiger partial charge on any atom is 0.310 e. The molecule has 0 radical (unpaired) electrons. The van der Waals surface area contributed by atoms with Crippen LogP contribution in [0.15, 0.2) is 24.3 Å². The SMILES string of the molecule is CC(C)NC(=O)c1ccc(NC(=O)CC2(C(=O)O)CCCCC2)cc1. The van der Waals surface area contributed by atoms with Gasteiger partial charge >= 0.3 is 5.97 Å². The van der Waals surface area contributed by atoms with Crippen molar-refractivity contribution in [2.75, 3.05) is 5.32 Å². The predicted octanol–water partition coefficient (Wildman–Crippen LogP) is 3.19. The van der Waals surface area contributed by atoms with Crippen LogP contribution >= 0.6 is 0 Å². The van der Waals surface area contributed by atoms with Crippen LogP contribution in [0.25, 0.3) is 0 Å². The number of benzene rings is 1. The first-order valence-corrected chi connectivity index (χ1v) is 8.76. The zero-order valence-corrected chi connectivity index (χ0v) is 14.8. The average molecular weight is 346 g/mol. The summed E-state index contributed by atoms with van der Waals surface area (Å²) in [4.78, 5) is 35.9. The molecular weight excluding hydrogens is 320 g/mol. The Bertz CT molecular complexity index is 631. The highest BCUT2D eigenvalue weighted by molar-refractivity contribution is 5.97. The molecule has 0 atom stereocenters. The predicted molar refractivity (Wildman–Crippen MR) is 95.4 cm³/mol. The molecule has 3 N–H and O–H groups in total. The second-order valence-corrected chi connectivity index (χ2v) is 7.08. The second-order valence-electron chi connectivity index (χ2n) is 7.08. The van der Waals surface area contributed by atoms with Gasteiger partial charge in [0.05, 0.1) is 5.41 Å². The van der Waals surface area contributed by atoms with Crippen LogP contribution in [0.4, 0.5) is 5.69 Å². The molecule has 1 fully saturated rings. The van der Waals surface area contributed by atoms with Gasteiger partial charge in [0.2, 0.25) is 5.91 Å². The molecule has 0 saturated heterocycles. The Morgan fingerprint density at radius 1 is 1.08 bits per heavy atom. The molecular formula is C19H26N2O4. The van der Waals surface area contributed by atoms with Crippen molar-refractivity contribution in [1.82, 2.24) is 5.32 Å². The smallest absolute Gasteiger partial charge is 0.310 e. The van der Waals surface area contributed by atoms with Gasteiger partial charge in [-0.2, -0.15) is 0 Å². The minimum atomic E-state index is -0.945. The standard InChI is InChI=1S/C19H26N2O4/c1-13(2)20-17(23)14-6-8-15(9-7-14)21-16(22)12-19(18(24)25)10-4-3-5-11-19/h6-9,13H,3-5,10-12H2,1-2H3,(H,20,23)(H,21,22)(H,24,25). The molecule has 6 heteroatoms. The van der Waals surface area contributed by atoms with Gasteiger partial charge in [-0.15, -0.1) is 0 Å². The van der Waals surface area contributed by atoms with Crippen molar-refractivity contribution in [2.24, 2.45) is 5.41 Å². The van der Waals surface area contributed by atoms with Crippen LogP contribution < -0.4 is 10.6 Å². The van der Waals surface area contributed by atoms with E-state index in [9.17, 15) is 19.5 Å². The Balaban J connectivity index is 1.98. The highest BCUT2D eigenvalue weighted by Crippen LogP contribution is 2.39. The number of hydrogen-bond donors (Lipinski definition) is 3. The van der Waals surface area contributed by atoms with Crippen molar-refractivity contribution in [3.8, 4) is 0 Å². The molecule has 6 nitrogen and oxygen atoms in total. The Kier molecular flexibility index (Phi) is 6.17. The lowest BCUT2D eigenvalue weighted by molar-refractivity contribution is -0.153. The molecule has 0 spiro atoms. The summed E-state index contributed by atoms with van der Waals surface area (Å²) < 4.78 is 0. The van der Waals surface area contributed by atoms with Crippen LogP contribution in [0.2, 0.25) is 0 Å². The Labute approximate surface area is 148 Å². The molecule has 25 heavy (non-hydrogen) atoms. The highest BCUT2D eigenvalue weighted by atomic mass is 16.4. The van der Waals surface area contributed by atoms with Crippen molar-refractivity contribution >= 4 is 23.5 Å². The number of amides is 2. The molecule has 0 unspecified atom stereocenters. The van der Waals surface area contributed by atoms with E-state index in [1.54, 1.807) is 24.3 Å². The Hall–Kier alpha value is -2.37. The number of carbonyl (C=O) groups excluding carboxylic acids is 2. The monoisotopic (exact) mass is 346 g/mol. The van der Waals surface area contributed by atoms with Crippen LogP contribution in [0.5, 0.6) is 0 Å². The highest BCUT2D eigenvalue weighted by Gasteiger charge is 2.41. The summed E-state index contributed by atoms with van der Waals surface area (Å²) in [5, 5.41) is 15.1. The van der Waals surface area contributed by atoms with E-state index in [4.69, 9.17) is 0 Å². The summed E-state index contributed by atoms with van der Waals surface area (Å²) in [5.74, 6) is -1.35. The normalized spacial score (nSPS) is 16.3. The van der Waals surface area contributed by atoms with Gasteiger partial charge in [-0.25, -0.2) is 0 Å². The summed E-state index contributed by atoms with van der Waals surface area (Å²) >= 11 is 0. The summed E-state index contributed by atoms with van der Waals surface area (Å²) in [6.07, 6.45) is 3.79. The summed E-state index contributed by atoms with van der Waals surface area (Å²) in [7, 11) is 0. The molecule has 1 aliphatic rings. The number of hydrogen-bond acceptors (Lipinski definition) is 3. The number of carboxylic acid groups (broad SMARTS) is 1. The molecule has 0 aromatic heterocycles. The topological polar surface area (TPSA) is 95.5 Å². The molecule has 1 aromatic carbocycles. The summed E-state index contributed by atoms with van der Waals surface area (Å²) in [5.41, 5.74) is 0.128. The van der Waals surface area contributed by atoms with Gasteiger partial charge in [0.25, 0.3) is 5.91 Å². The van der Waals surface area contributed by atoms with Crippen molar-refractivity contribution < 1.29 is 19.5 Å². The van der Waals surface area contributed by atoms with Crippen molar-refractivity contribution in [2.45, 2.75) is 58.4 Å². The molecule has 0 bridgehead atoms. The lowest BCUT2D eigenvalue weighted by Crippen LogP contribution is -2.37. The first-order valence-electron chi connectivity index (χ1n) is 8.76. The third kappa shape index (κ3) is 5.05. The molecule has 0 aliphatic heterocycles. The lowest BCUT2D eigenvalue weighted by Gasteiger charge is -2.32. The molecule has 1 saturated carbocycles. The molecule has 1 aromatic rings. The maximum absolute atomic E-state index is 12.3. The molecule has 1 aliphatic carbocycles. The largest absolute Gasteiger partial charge is 0.481 e. The van der Waals surface area contributed by atoms with E-state index >= 15 is 0 Å². The summed E-state index contributed by atoms with van der Waals surface area (Å²) in [6.45, 7) is 3.77. The van der Waals surface area contributed by atoms with Crippen LogP contribution in [0, 0.1) is 5.41 Å². The van der Waals surface area contributed by atoms with Crippen molar-refractivity contribution in [3.63, 3.8) is 0 Å². The number of carboxylic acids is 1. The van der Waals surface area contributed by atoms with Gasteiger partial charge in [0.1, 0.15) is 0 Å². The average Bonchev–Trinajstić information content (AvgIpc) is 2.55. The van der Waals surface area contributed by atoms with Gasteiger partial charge in [-0.05, 0) is 51.0 Å². The van der Waals surface area contributed by atoms with Crippen LogP contribution in [-0.4, -0.2) is 28.9 Å². The fraction of sp³-hybridized carbons (Fsp3) is 0.526. The van der Waals surface area contributed by atoms with Crippen LogP contribution in [-0.2, 0) is 9.59 Å². The minimum absolute atomic E-state index is 0.0160. The first kappa shape index (κ1) is 19.0. The van der Waals surface area contributed by atoms with E-state index < -0.39 is 11.4 Å². The van der Waals surface area contributed by atoms with Crippen LogP contribution in [0.1, 0.15) is 62.7 Å². The van der Waals surface area contributed by atoms with E-state index in [0.717, 1.165) is 19.3 Å². The number of nitrogens with one attached hydrogen (secondary N) is 2. The second kappa shape index (κ2) is 8.14. The van der Waals surface area contributed by atoms with E-state index in [1.165, 1.54) is 0 Å². The Morgan fingerprint density at radius 3 is 2.20 bits per heavy atom. The molecule has 136 valence electrons. The fourth-order valence-electron chi connectivity index (χ4n) is 3.26. The van der Waals surface area contributed by atoms with E-state index in [2.05, 4.69) is 10.6 Å². The maximum atomic E-state index is 12.3. The van der Waals surface area contributed by atoms with Crippen molar-refractivity contribution in [3.05, 3.63) is 29.8 Å². The lowest BCUT2D eigenvalue weighted by atomic mass is 9.71. The first-order chi connectivity index (χ1) is 11.8. The van der Waals surface area contributed by atoms with Gasteiger partial charge in [0.15, 0.2) is 0 Å². The zero-order chi connectivity index (χ0) is 18.4. The van der Waals surface area contributed by atoms with E-state index in [0.29, 0.717) is 24.1 Å². The number of carbonyl (C=O) groups is 3. The fourth-order valence-corrected chi connectivity index (χ4v) is 3.26. The van der Waals surface area contributed by atoms with Gasteiger partial charge < -0.3 is 15.7 Å². The summed E-state index contributed by atoms with van der Waals surface area (Å²) in [6, 6.07) is 6.64. The molecule has 2 rings (SSSR count).